The van der Waals surface area contributed by atoms with Crippen molar-refractivity contribution in [3.8, 4) is 0 Å². The van der Waals surface area contributed by atoms with E-state index in [1.165, 1.54) is 0 Å². The first-order valence-corrected chi connectivity index (χ1v) is 6.52. The summed E-state index contributed by atoms with van der Waals surface area (Å²) >= 11 is 0. The molecule has 0 saturated carbocycles. The monoisotopic (exact) mass is 264 g/mol. The number of hydrogen-bond donors (Lipinski definition) is 1. The normalized spacial score (nSPS) is 12.1. The highest BCUT2D eigenvalue weighted by Crippen LogP contribution is 2.17. The number of halogens is 2. The molecule has 1 aromatic rings. The summed E-state index contributed by atoms with van der Waals surface area (Å²) in [7, 11) is -3.81. The van der Waals surface area contributed by atoms with E-state index in [1.54, 1.807) is 6.92 Å². The molecule has 0 spiro atoms. The fraction of sp³-hybridized carbons (Fsp3) is 0.400. The third-order valence-corrected chi connectivity index (χ3v) is 4.23. The van der Waals surface area contributed by atoms with Gasteiger partial charge in [0.05, 0.1) is 4.90 Å². The van der Waals surface area contributed by atoms with Crippen LogP contribution in [0.1, 0.15) is 6.92 Å². The minimum atomic E-state index is -3.81. The molecule has 1 rings (SSSR count). The highest BCUT2D eigenvalue weighted by atomic mass is 32.2. The maximum atomic E-state index is 13.0. The van der Waals surface area contributed by atoms with E-state index in [0.717, 1.165) is 16.4 Å². The van der Waals surface area contributed by atoms with Gasteiger partial charge in [-0.1, -0.05) is 6.92 Å². The fourth-order valence-corrected chi connectivity index (χ4v) is 2.85. The van der Waals surface area contributed by atoms with Gasteiger partial charge in [-0.3, -0.25) is 0 Å². The van der Waals surface area contributed by atoms with Crippen molar-refractivity contribution >= 4 is 10.0 Å². The van der Waals surface area contributed by atoms with Crippen molar-refractivity contribution in [3.63, 3.8) is 0 Å². The second-order valence-corrected chi connectivity index (χ2v) is 5.30. The van der Waals surface area contributed by atoms with E-state index in [-0.39, 0.29) is 24.5 Å². The van der Waals surface area contributed by atoms with Crippen LogP contribution in [0.5, 0.6) is 0 Å². The van der Waals surface area contributed by atoms with Gasteiger partial charge in [-0.05, 0) is 18.2 Å². The Morgan fingerprint density at radius 3 is 2.41 bits per heavy atom. The van der Waals surface area contributed by atoms with E-state index in [0.29, 0.717) is 6.07 Å². The van der Waals surface area contributed by atoms with Gasteiger partial charge in [0.15, 0.2) is 11.6 Å². The Hall–Kier alpha value is -1.05. The topological polar surface area (TPSA) is 63.4 Å². The van der Waals surface area contributed by atoms with Crippen LogP contribution < -0.4 is 5.73 Å². The van der Waals surface area contributed by atoms with E-state index in [2.05, 4.69) is 0 Å². The smallest absolute Gasteiger partial charge is 0.243 e. The summed E-state index contributed by atoms with van der Waals surface area (Å²) in [6.45, 7) is 2.17. The molecule has 0 fully saturated rings. The zero-order chi connectivity index (χ0) is 13.1. The van der Waals surface area contributed by atoms with Crippen molar-refractivity contribution in [1.29, 1.82) is 0 Å². The first-order valence-electron chi connectivity index (χ1n) is 5.08. The molecule has 0 unspecified atom stereocenters. The first-order chi connectivity index (χ1) is 7.93. The van der Waals surface area contributed by atoms with Crippen molar-refractivity contribution in [1.82, 2.24) is 4.31 Å². The van der Waals surface area contributed by atoms with Crippen LogP contribution in [0.4, 0.5) is 8.78 Å². The fourth-order valence-electron chi connectivity index (χ4n) is 1.38. The standard InChI is InChI=1S/C10H14F2N2O2S/c1-2-14(6-5-13)17(15,16)8-3-4-9(11)10(12)7-8/h3-4,7H,2,5-6,13H2,1H3. The summed E-state index contributed by atoms with van der Waals surface area (Å²) in [4.78, 5) is -0.272. The molecule has 0 aliphatic carbocycles. The predicted octanol–water partition coefficient (Wildman–Crippen LogP) is 0.934. The molecule has 96 valence electrons. The molecule has 0 amide bonds. The molecule has 0 saturated heterocycles. The van der Waals surface area contributed by atoms with Crippen molar-refractivity contribution in [3.05, 3.63) is 29.8 Å². The molecule has 0 radical (unpaired) electrons. The lowest BCUT2D eigenvalue weighted by molar-refractivity contribution is 0.434. The van der Waals surface area contributed by atoms with Gasteiger partial charge in [-0.15, -0.1) is 0 Å². The molecule has 2 N–H and O–H groups in total. The Labute approximate surface area is 99.1 Å². The molecular formula is C10H14F2N2O2S. The molecule has 0 aliphatic heterocycles. The largest absolute Gasteiger partial charge is 0.329 e. The van der Waals surface area contributed by atoms with E-state index in [1.807, 2.05) is 0 Å². The maximum absolute atomic E-state index is 13.0. The number of likely N-dealkylation sites (N-methyl/N-ethyl adjacent to an activating group) is 1. The van der Waals surface area contributed by atoms with Crippen LogP contribution in [0.2, 0.25) is 0 Å². The summed E-state index contributed by atoms with van der Waals surface area (Å²) in [5.41, 5.74) is 5.29. The summed E-state index contributed by atoms with van der Waals surface area (Å²) in [5, 5.41) is 0. The summed E-state index contributed by atoms with van der Waals surface area (Å²) < 4.78 is 50.8. The average Bonchev–Trinajstić information content (AvgIpc) is 2.29. The Bertz CT molecular complexity index is 491. The molecule has 17 heavy (non-hydrogen) atoms. The molecule has 1 aromatic carbocycles. The van der Waals surface area contributed by atoms with Gasteiger partial charge in [0, 0.05) is 19.6 Å². The average molecular weight is 264 g/mol. The third-order valence-electron chi connectivity index (χ3n) is 2.26. The summed E-state index contributed by atoms with van der Waals surface area (Å²) in [6.07, 6.45) is 0. The van der Waals surface area contributed by atoms with Crippen LogP contribution in [0.25, 0.3) is 0 Å². The van der Waals surface area contributed by atoms with Crippen molar-refractivity contribution < 1.29 is 17.2 Å². The summed E-state index contributed by atoms with van der Waals surface area (Å²) in [6, 6.07) is 2.50. The SMILES string of the molecule is CCN(CCN)S(=O)(=O)c1ccc(F)c(F)c1. The Morgan fingerprint density at radius 1 is 1.29 bits per heavy atom. The van der Waals surface area contributed by atoms with Crippen molar-refractivity contribution in [2.45, 2.75) is 11.8 Å². The lowest BCUT2D eigenvalue weighted by Gasteiger charge is -2.19. The lowest BCUT2D eigenvalue weighted by Crippen LogP contribution is -2.35. The van der Waals surface area contributed by atoms with E-state index < -0.39 is 21.7 Å². The minimum absolute atomic E-state index is 0.137. The van der Waals surface area contributed by atoms with Crippen LogP contribution in [0.3, 0.4) is 0 Å². The van der Waals surface area contributed by atoms with Gasteiger partial charge in [0.25, 0.3) is 0 Å². The predicted molar refractivity (Wildman–Crippen MR) is 59.8 cm³/mol. The van der Waals surface area contributed by atoms with Gasteiger partial charge in [0.1, 0.15) is 0 Å². The van der Waals surface area contributed by atoms with E-state index >= 15 is 0 Å². The van der Waals surface area contributed by atoms with Crippen LogP contribution in [-0.2, 0) is 10.0 Å². The zero-order valence-corrected chi connectivity index (χ0v) is 10.2. The molecule has 0 heterocycles. The molecule has 0 aliphatic rings. The molecular weight excluding hydrogens is 250 g/mol. The Balaban J connectivity index is 3.15. The number of sulfonamides is 1. The lowest BCUT2D eigenvalue weighted by atomic mass is 10.3. The summed E-state index contributed by atoms with van der Waals surface area (Å²) in [5.74, 6) is -2.26. The molecule has 4 nitrogen and oxygen atoms in total. The van der Waals surface area contributed by atoms with Gasteiger partial charge >= 0.3 is 0 Å². The van der Waals surface area contributed by atoms with E-state index in [4.69, 9.17) is 5.73 Å². The van der Waals surface area contributed by atoms with Gasteiger partial charge in [-0.25, -0.2) is 17.2 Å². The second-order valence-electron chi connectivity index (χ2n) is 3.36. The van der Waals surface area contributed by atoms with Gasteiger partial charge in [0.2, 0.25) is 10.0 Å². The number of nitrogens with zero attached hydrogens (tertiary/aromatic N) is 1. The number of hydrogen-bond acceptors (Lipinski definition) is 3. The highest BCUT2D eigenvalue weighted by molar-refractivity contribution is 7.89. The zero-order valence-electron chi connectivity index (χ0n) is 9.36. The first kappa shape index (κ1) is 14.0. The second kappa shape index (κ2) is 5.52. The molecule has 0 bridgehead atoms. The highest BCUT2D eigenvalue weighted by Gasteiger charge is 2.23. The number of nitrogens with two attached hydrogens (primary N) is 1. The van der Waals surface area contributed by atoms with Crippen molar-refractivity contribution in [2.75, 3.05) is 19.6 Å². The van der Waals surface area contributed by atoms with Crippen LogP contribution in [0.15, 0.2) is 23.1 Å². The number of benzene rings is 1. The van der Waals surface area contributed by atoms with E-state index in [9.17, 15) is 17.2 Å². The molecule has 0 aromatic heterocycles. The molecule has 0 atom stereocenters. The number of rotatable bonds is 5. The quantitative estimate of drug-likeness (QED) is 0.860. The van der Waals surface area contributed by atoms with Crippen LogP contribution in [-0.4, -0.2) is 32.4 Å². The molecule has 7 heteroatoms. The Kier molecular flexibility index (Phi) is 4.55. The minimum Gasteiger partial charge on any atom is -0.329 e. The maximum Gasteiger partial charge on any atom is 0.243 e. The third kappa shape index (κ3) is 2.99. The van der Waals surface area contributed by atoms with Crippen LogP contribution >= 0.6 is 0 Å². The van der Waals surface area contributed by atoms with Gasteiger partial charge < -0.3 is 5.73 Å². The Morgan fingerprint density at radius 2 is 1.94 bits per heavy atom. The van der Waals surface area contributed by atoms with Crippen molar-refractivity contribution in [2.24, 2.45) is 5.73 Å². The van der Waals surface area contributed by atoms with Gasteiger partial charge in [-0.2, -0.15) is 4.31 Å². The van der Waals surface area contributed by atoms with Crippen LogP contribution in [0, 0.1) is 11.6 Å².